The van der Waals surface area contributed by atoms with Crippen LogP contribution in [0.15, 0.2) is 23.1 Å². The summed E-state index contributed by atoms with van der Waals surface area (Å²) < 4.78 is 53.2. The lowest BCUT2D eigenvalue weighted by Gasteiger charge is -2.29. The highest BCUT2D eigenvalue weighted by atomic mass is 32.2. The lowest BCUT2D eigenvalue weighted by Crippen LogP contribution is -2.48. The number of nitrogens with one attached hydrogen (secondary N) is 2. The lowest BCUT2D eigenvalue weighted by atomic mass is 9.97. The molecule has 0 spiro atoms. The quantitative estimate of drug-likeness (QED) is 0.880. The molecular weight excluding hydrogens is 274 g/mol. The van der Waals surface area contributed by atoms with Gasteiger partial charge in [-0.2, -0.15) is 0 Å². The summed E-state index contributed by atoms with van der Waals surface area (Å²) in [6.45, 7) is 3.29. The van der Waals surface area contributed by atoms with E-state index in [4.69, 9.17) is 0 Å². The molecule has 0 bridgehead atoms. The van der Waals surface area contributed by atoms with E-state index in [2.05, 4.69) is 10.0 Å². The smallest absolute Gasteiger partial charge is 0.243 e. The van der Waals surface area contributed by atoms with Gasteiger partial charge in [0.1, 0.15) is 4.90 Å². The number of halogens is 2. The number of benzene rings is 1. The van der Waals surface area contributed by atoms with Crippen molar-refractivity contribution in [3.63, 3.8) is 0 Å². The molecule has 1 aromatic carbocycles. The monoisotopic (exact) mass is 290 g/mol. The predicted molar refractivity (Wildman–Crippen MR) is 67.1 cm³/mol. The molecule has 1 aromatic rings. The summed E-state index contributed by atoms with van der Waals surface area (Å²) in [5, 5.41) is 3.14. The minimum atomic E-state index is -4.04. The highest BCUT2D eigenvalue weighted by Gasteiger charge is 2.29. The van der Waals surface area contributed by atoms with Crippen molar-refractivity contribution >= 4 is 10.0 Å². The molecule has 1 aliphatic rings. The van der Waals surface area contributed by atoms with Gasteiger partial charge in [-0.05, 0) is 37.6 Å². The van der Waals surface area contributed by atoms with Crippen molar-refractivity contribution in [2.24, 2.45) is 5.92 Å². The van der Waals surface area contributed by atoms with Gasteiger partial charge in [0.05, 0.1) is 0 Å². The van der Waals surface area contributed by atoms with Crippen molar-refractivity contribution < 1.29 is 17.2 Å². The molecule has 19 heavy (non-hydrogen) atoms. The molecule has 2 N–H and O–H groups in total. The van der Waals surface area contributed by atoms with Crippen LogP contribution in [-0.4, -0.2) is 27.5 Å². The number of rotatable bonds is 3. The van der Waals surface area contributed by atoms with Crippen molar-refractivity contribution in [2.45, 2.75) is 24.3 Å². The zero-order chi connectivity index (χ0) is 14.0. The van der Waals surface area contributed by atoms with Crippen LogP contribution in [0.1, 0.15) is 13.3 Å². The molecule has 2 atom stereocenters. The van der Waals surface area contributed by atoms with Crippen molar-refractivity contribution in [1.29, 1.82) is 0 Å². The standard InChI is InChI=1S/C12H16F2N2O2S/c1-8-7-15-6-5-10(8)16-19(17,18)11-4-2-3-9(13)12(11)14/h2-4,8,10,15-16H,5-7H2,1H3. The van der Waals surface area contributed by atoms with E-state index in [0.717, 1.165) is 12.1 Å². The predicted octanol–water partition coefficient (Wildman–Crippen LogP) is 1.24. The first-order chi connectivity index (χ1) is 8.92. The van der Waals surface area contributed by atoms with Crippen molar-refractivity contribution in [1.82, 2.24) is 10.0 Å². The second-order valence-electron chi connectivity index (χ2n) is 4.75. The maximum Gasteiger partial charge on any atom is 0.243 e. The molecule has 0 saturated carbocycles. The number of hydrogen-bond acceptors (Lipinski definition) is 3. The molecule has 1 fully saturated rings. The Balaban J connectivity index is 2.25. The fourth-order valence-corrected chi connectivity index (χ4v) is 3.61. The van der Waals surface area contributed by atoms with Gasteiger partial charge in [0.15, 0.2) is 11.6 Å². The molecule has 2 rings (SSSR count). The molecule has 0 radical (unpaired) electrons. The van der Waals surface area contributed by atoms with Gasteiger partial charge in [-0.3, -0.25) is 0 Å². The molecule has 1 saturated heterocycles. The third-order valence-corrected chi connectivity index (χ3v) is 4.80. The van der Waals surface area contributed by atoms with Crippen LogP contribution in [0.5, 0.6) is 0 Å². The van der Waals surface area contributed by atoms with E-state index in [-0.39, 0.29) is 12.0 Å². The van der Waals surface area contributed by atoms with E-state index >= 15 is 0 Å². The Labute approximate surface area is 111 Å². The van der Waals surface area contributed by atoms with Gasteiger partial charge >= 0.3 is 0 Å². The van der Waals surface area contributed by atoms with E-state index in [1.807, 2.05) is 6.92 Å². The van der Waals surface area contributed by atoms with Crippen LogP contribution < -0.4 is 10.0 Å². The fourth-order valence-electron chi connectivity index (χ4n) is 2.14. The average molecular weight is 290 g/mol. The van der Waals surface area contributed by atoms with E-state index in [1.54, 1.807) is 0 Å². The highest BCUT2D eigenvalue weighted by molar-refractivity contribution is 7.89. The van der Waals surface area contributed by atoms with E-state index in [1.165, 1.54) is 6.07 Å². The van der Waals surface area contributed by atoms with Gasteiger partial charge < -0.3 is 5.32 Å². The van der Waals surface area contributed by atoms with Crippen molar-refractivity contribution in [2.75, 3.05) is 13.1 Å². The summed E-state index contributed by atoms with van der Waals surface area (Å²) >= 11 is 0. The third kappa shape index (κ3) is 3.10. The first kappa shape index (κ1) is 14.4. The van der Waals surface area contributed by atoms with E-state index in [9.17, 15) is 17.2 Å². The molecular formula is C12H16F2N2O2S. The average Bonchev–Trinajstić information content (AvgIpc) is 2.35. The summed E-state index contributed by atoms with van der Waals surface area (Å²) in [5.41, 5.74) is 0. The Morgan fingerprint density at radius 2 is 2.11 bits per heavy atom. The number of piperidine rings is 1. The van der Waals surface area contributed by atoms with Crippen LogP contribution in [0.3, 0.4) is 0 Å². The maximum atomic E-state index is 13.5. The lowest BCUT2D eigenvalue weighted by molar-refractivity contribution is 0.327. The molecule has 2 unspecified atom stereocenters. The summed E-state index contributed by atoms with van der Waals surface area (Å²) in [5.74, 6) is -2.40. The van der Waals surface area contributed by atoms with Crippen LogP contribution in [0.4, 0.5) is 8.78 Å². The molecule has 1 heterocycles. The molecule has 106 valence electrons. The Kier molecular flexibility index (Phi) is 4.17. The maximum absolute atomic E-state index is 13.5. The van der Waals surface area contributed by atoms with Gasteiger partial charge in [0.25, 0.3) is 0 Å². The van der Waals surface area contributed by atoms with Gasteiger partial charge in [-0.15, -0.1) is 0 Å². The van der Waals surface area contributed by atoms with Gasteiger partial charge in [-0.1, -0.05) is 13.0 Å². The van der Waals surface area contributed by atoms with Crippen LogP contribution in [0.25, 0.3) is 0 Å². The second kappa shape index (κ2) is 5.52. The number of sulfonamides is 1. The second-order valence-corrected chi connectivity index (χ2v) is 6.43. The zero-order valence-corrected chi connectivity index (χ0v) is 11.3. The largest absolute Gasteiger partial charge is 0.316 e. The Morgan fingerprint density at radius 3 is 2.79 bits per heavy atom. The SMILES string of the molecule is CC1CNCCC1NS(=O)(=O)c1cccc(F)c1F. The van der Waals surface area contributed by atoms with Gasteiger partial charge in [0.2, 0.25) is 10.0 Å². The normalized spacial score (nSPS) is 24.4. The molecule has 0 aliphatic carbocycles. The number of hydrogen-bond donors (Lipinski definition) is 2. The third-order valence-electron chi connectivity index (χ3n) is 3.30. The molecule has 1 aliphatic heterocycles. The zero-order valence-electron chi connectivity index (χ0n) is 10.5. The Hall–Kier alpha value is -1.05. The van der Waals surface area contributed by atoms with Crippen molar-refractivity contribution in [3.05, 3.63) is 29.8 Å². The van der Waals surface area contributed by atoms with Crippen LogP contribution in [0.2, 0.25) is 0 Å². The summed E-state index contributed by atoms with van der Waals surface area (Å²) in [6, 6.07) is 2.86. The first-order valence-electron chi connectivity index (χ1n) is 6.09. The van der Waals surface area contributed by atoms with Crippen LogP contribution in [0, 0.1) is 17.6 Å². The van der Waals surface area contributed by atoms with E-state index < -0.39 is 26.6 Å². The van der Waals surface area contributed by atoms with Crippen LogP contribution in [-0.2, 0) is 10.0 Å². The highest BCUT2D eigenvalue weighted by Crippen LogP contribution is 2.19. The van der Waals surface area contributed by atoms with Gasteiger partial charge in [-0.25, -0.2) is 21.9 Å². The molecule has 0 amide bonds. The fraction of sp³-hybridized carbons (Fsp3) is 0.500. The molecule has 4 nitrogen and oxygen atoms in total. The molecule has 7 heteroatoms. The first-order valence-corrected chi connectivity index (χ1v) is 7.57. The minimum absolute atomic E-state index is 0.0974. The van der Waals surface area contributed by atoms with Crippen LogP contribution >= 0.6 is 0 Å². The van der Waals surface area contributed by atoms with Crippen molar-refractivity contribution in [3.8, 4) is 0 Å². The molecule has 0 aromatic heterocycles. The topological polar surface area (TPSA) is 58.2 Å². The van der Waals surface area contributed by atoms with Gasteiger partial charge in [0, 0.05) is 6.04 Å². The summed E-state index contributed by atoms with van der Waals surface area (Å²) in [6.07, 6.45) is 0.622. The summed E-state index contributed by atoms with van der Waals surface area (Å²) in [4.78, 5) is -0.641. The Morgan fingerprint density at radius 1 is 1.37 bits per heavy atom. The minimum Gasteiger partial charge on any atom is -0.316 e. The Bertz CT molecular complexity index is 563. The summed E-state index contributed by atoms with van der Waals surface area (Å²) in [7, 11) is -4.04. The van der Waals surface area contributed by atoms with E-state index in [0.29, 0.717) is 19.5 Å².